The summed E-state index contributed by atoms with van der Waals surface area (Å²) in [5, 5.41) is 8.51. The number of nitrogens with zero attached hydrogens (tertiary/aromatic N) is 1. The van der Waals surface area contributed by atoms with Crippen LogP contribution in [0.15, 0.2) is 24.3 Å². The SMILES string of the molecule is CC1(C)OI(OC#N)c2ccccc21. The standard InChI is InChI=1S/C10H10INO2/c1-10(2)8-5-3-4-6-9(8)11(14-10)13-7-12/h3-6H,1-2H3. The molecule has 0 aliphatic carbocycles. The zero-order valence-electron chi connectivity index (χ0n) is 7.95. The molecule has 0 radical (unpaired) electrons. The Hall–Kier alpha value is -0.800. The van der Waals surface area contributed by atoms with Gasteiger partial charge in [0, 0.05) is 0 Å². The van der Waals surface area contributed by atoms with Gasteiger partial charge in [-0.15, -0.1) is 0 Å². The van der Waals surface area contributed by atoms with E-state index in [9.17, 15) is 0 Å². The molecule has 4 heteroatoms. The van der Waals surface area contributed by atoms with E-state index in [2.05, 4.69) is 0 Å². The van der Waals surface area contributed by atoms with Crippen molar-refractivity contribution in [2.24, 2.45) is 0 Å². The molecule has 74 valence electrons. The molecule has 0 spiro atoms. The molecule has 0 fully saturated rings. The second-order valence-corrected chi connectivity index (χ2v) is 6.74. The van der Waals surface area contributed by atoms with Crippen LogP contribution < -0.4 is 0 Å². The van der Waals surface area contributed by atoms with Crippen LogP contribution in [0.25, 0.3) is 0 Å². The van der Waals surface area contributed by atoms with E-state index >= 15 is 0 Å². The molecule has 1 aliphatic heterocycles. The van der Waals surface area contributed by atoms with Crippen LogP contribution in [0.1, 0.15) is 19.4 Å². The summed E-state index contributed by atoms with van der Waals surface area (Å²) in [6.45, 7) is 4.01. The Morgan fingerprint density at radius 2 is 2.14 bits per heavy atom. The summed E-state index contributed by atoms with van der Waals surface area (Å²) in [6, 6.07) is 7.96. The fourth-order valence-corrected chi connectivity index (χ4v) is 5.22. The summed E-state index contributed by atoms with van der Waals surface area (Å²) in [5.74, 6) is 0. The van der Waals surface area contributed by atoms with Gasteiger partial charge in [-0.3, -0.25) is 0 Å². The van der Waals surface area contributed by atoms with Crippen molar-refractivity contribution in [3.05, 3.63) is 33.4 Å². The second kappa shape index (κ2) is 3.41. The molecule has 1 aromatic carbocycles. The van der Waals surface area contributed by atoms with Gasteiger partial charge >= 0.3 is 91.1 Å². The van der Waals surface area contributed by atoms with E-state index in [1.807, 2.05) is 38.1 Å². The van der Waals surface area contributed by atoms with Crippen molar-refractivity contribution in [1.82, 2.24) is 0 Å². The second-order valence-electron chi connectivity index (χ2n) is 3.45. The van der Waals surface area contributed by atoms with Crippen LogP contribution in [0, 0.1) is 15.1 Å². The first-order valence-corrected chi connectivity index (χ1v) is 7.05. The Labute approximate surface area is 91.1 Å². The maximum atomic E-state index is 8.51. The van der Waals surface area contributed by atoms with E-state index in [0.717, 1.165) is 9.13 Å². The van der Waals surface area contributed by atoms with E-state index in [4.69, 9.17) is 11.4 Å². The summed E-state index contributed by atoms with van der Waals surface area (Å²) >= 11 is -2.15. The van der Waals surface area contributed by atoms with Gasteiger partial charge in [0.2, 0.25) is 0 Å². The van der Waals surface area contributed by atoms with Crippen molar-refractivity contribution in [1.29, 1.82) is 5.26 Å². The third kappa shape index (κ3) is 1.47. The average molecular weight is 303 g/mol. The van der Waals surface area contributed by atoms with E-state index < -0.39 is 20.6 Å². The van der Waals surface area contributed by atoms with Gasteiger partial charge in [0.15, 0.2) is 0 Å². The minimum absolute atomic E-state index is 0.307. The van der Waals surface area contributed by atoms with Gasteiger partial charge in [-0.1, -0.05) is 0 Å². The van der Waals surface area contributed by atoms with Gasteiger partial charge in [0.05, 0.1) is 0 Å². The van der Waals surface area contributed by atoms with Gasteiger partial charge in [0.1, 0.15) is 0 Å². The summed E-state index contributed by atoms with van der Waals surface area (Å²) in [4.78, 5) is 0. The minimum atomic E-state index is -2.15. The van der Waals surface area contributed by atoms with Crippen LogP contribution in [-0.2, 0) is 11.7 Å². The molecule has 0 N–H and O–H groups in total. The van der Waals surface area contributed by atoms with Gasteiger partial charge < -0.3 is 0 Å². The number of hydrogen-bond acceptors (Lipinski definition) is 3. The molecule has 0 aromatic heterocycles. The molecule has 0 atom stereocenters. The van der Waals surface area contributed by atoms with Crippen molar-refractivity contribution in [3.63, 3.8) is 0 Å². The van der Waals surface area contributed by atoms with Crippen LogP contribution in [0.2, 0.25) is 0 Å². The fraction of sp³-hybridized carbons (Fsp3) is 0.300. The average Bonchev–Trinajstić information content (AvgIpc) is 2.41. The number of hydrogen-bond donors (Lipinski definition) is 0. The molecule has 0 unspecified atom stereocenters. The summed E-state index contributed by atoms with van der Waals surface area (Å²) in [7, 11) is 0. The third-order valence-corrected chi connectivity index (χ3v) is 6.04. The zero-order chi connectivity index (χ0) is 10.2. The first-order chi connectivity index (χ1) is 6.65. The summed E-state index contributed by atoms with van der Waals surface area (Å²) in [5.41, 5.74) is 0.846. The predicted octanol–water partition coefficient (Wildman–Crippen LogP) is 2.96. The zero-order valence-corrected chi connectivity index (χ0v) is 10.1. The van der Waals surface area contributed by atoms with Gasteiger partial charge in [-0.2, -0.15) is 0 Å². The summed E-state index contributed by atoms with van der Waals surface area (Å²) < 4.78 is 11.9. The fourth-order valence-electron chi connectivity index (χ4n) is 1.43. The molecule has 1 aliphatic rings. The molecule has 2 rings (SSSR count). The topological polar surface area (TPSA) is 42.2 Å². The molecular weight excluding hydrogens is 293 g/mol. The molecule has 0 amide bonds. The van der Waals surface area contributed by atoms with Crippen LogP contribution in [-0.4, -0.2) is 0 Å². The molecule has 1 heterocycles. The Balaban J connectivity index is 2.45. The van der Waals surface area contributed by atoms with E-state index in [1.165, 1.54) is 0 Å². The molecule has 14 heavy (non-hydrogen) atoms. The Bertz CT molecular complexity index is 397. The van der Waals surface area contributed by atoms with E-state index in [0.29, 0.717) is 0 Å². The maximum absolute atomic E-state index is 8.51. The van der Waals surface area contributed by atoms with Gasteiger partial charge in [0.25, 0.3) is 0 Å². The Kier molecular flexibility index (Phi) is 2.37. The van der Waals surface area contributed by atoms with Gasteiger partial charge in [-0.25, -0.2) is 0 Å². The van der Waals surface area contributed by atoms with Crippen molar-refractivity contribution in [2.75, 3.05) is 0 Å². The molecule has 0 bridgehead atoms. The quantitative estimate of drug-likeness (QED) is 0.592. The van der Waals surface area contributed by atoms with Crippen LogP contribution >= 0.6 is 20.6 Å². The van der Waals surface area contributed by atoms with Crippen LogP contribution in [0.4, 0.5) is 0 Å². The van der Waals surface area contributed by atoms with Crippen molar-refractivity contribution < 1.29 is 6.13 Å². The number of halogens is 1. The molecule has 0 saturated heterocycles. The van der Waals surface area contributed by atoms with Crippen molar-refractivity contribution in [2.45, 2.75) is 19.4 Å². The third-order valence-electron chi connectivity index (χ3n) is 2.06. The molecule has 0 saturated carbocycles. The van der Waals surface area contributed by atoms with Crippen molar-refractivity contribution in [3.8, 4) is 6.26 Å². The number of rotatable bonds is 1. The number of nitriles is 1. The van der Waals surface area contributed by atoms with Gasteiger partial charge in [-0.05, 0) is 0 Å². The normalized spacial score (nSPS) is 19.9. The summed E-state index contributed by atoms with van der Waals surface area (Å²) in [6.07, 6.45) is 1.73. The van der Waals surface area contributed by atoms with E-state index in [1.54, 1.807) is 6.26 Å². The van der Waals surface area contributed by atoms with Crippen LogP contribution in [0.5, 0.6) is 0 Å². The number of fused-ring (bicyclic) bond motifs is 1. The molecule has 3 nitrogen and oxygen atoms in total. The first kappa shape index (κ1) is 9.74. The first-order valence-electron chi connectivity index (χ1n) is 4.21. The predicted molar refractivity (Wildman–Crippen MR) is 60.0 cm³/mol. The monoisotopic (exact) mass is 303 g/mol. The molecule has 1 aromatic rings. The number of benzene rings is 1. The molecular formula is C10H10INO2. The van der Waals surface area contributed by atoms with E-state index in [-0.39, 0.29) is 5.60 Å². The van der Waals surface area contributed by atoms with Crippen LogP contribution in [0.3, 0.4) is 0 Å². The Morgan fingerprint density at radius 3 is 2.86 bits per heavy atom. The Morgan fingerprint density at radius 1 is 1.43 bits per heavy atom. The van der Waals surface area contributed by atoms with Crippen molar-refractivity contribution >= 4 is 20.6 Å².